The second-order valence-corrected chi connectivity index (χ2v) is 17.3. The van der Waals surface area contributed by atoms with Crippen molar-refractivity contribution in [1.82, 2.24) is 0 Å². The van der Waals surface area contributed by atoms with Crippen LogP contribution in [0.4, 0.5) is 0 Å². The lowest BCUT2D eigenvalue weighted by atomic mass is 9.99. The Hall–Kier alpha value is -1.59. The fraction of sp³-hybridized carbons (Fsp3) is 0.940. The first kappa shape index (κ1) is 54.4. The maximum Gasteiger partial charge on any atom is 0.306 e. The van der Waals surface area contributed by atoms with Crippen LogP contribution in [-0.4, -0.2) is 37.2 Å². The minimum atomic E-state index is -0.759. The predicted octanol–water partition coefficient (Wildman–Crippen LogP) is 15.9. The van der Waals surface area contributed by atoms with E-state index in [1.807, 2.05) is 0 Å². The molecule has 6 nitrogen and oxygen atoms in total. The first-order valence-electron chi connectivity index (χ1n) is 24.9. The van der Waals surface area contributed by atoms with Gasteiger partial charge in [-0.15, -0.1) is 0 Å². The highest BCUT2D eigenvalue weighted by Crippen LogP contribution is 2.17. The van der Waals surface area contributed by atoms with Crippen molar-refractivity contribution in [3.8, 4) is 0 Å². The van der Waals surface area contributed by atoms with Gasteiger partial charge in [-0.3, -0.25) is 14.4 Å². The summed E-state index contributed by atoms with van der Waals surface area (Å²) in [6.45, 7) is 9.03. The smallest absolute Gasteiger partial charge is 0.306 e. The van der Waals surface area contributed by atoms with Gasteiger partial charge in [-0.25, -0.2) is 0 Å². The van der Waals surface area contributed by atoms with E-state index in [9.17, 15) is 14.4 Å². The number of hydrogen-bond acceptors (Lipinski definition) is 6. The summed E-state index contributed by atoms with van der Waals surface area (Å²) < 4.78 is 16.8. The fourth-order valence-electron chi connectivity index (χ4n) is 7.48. The van der Waals surface area contributed by atoms with Gasteiger partial charge in [0.2, 0.25) is 0 Å². The molecule has 0 saturated carbocycles. The summed E-state index contributed by atoms with van der Waals surface area (Å²) in [5, 5.41) is 0. The predicted molar refractivity (Wildman–Crippen MR) is 238 cm³/mol. The molecule has 0 N–H and O–H groups in total. The molecule has 0 rings (SSSR count). The van der Waals surface area contributed by atoms with E-state index in [0.717, 1.165) is 63.7 Å². The minimum Gasteiger partial charge on any atom is -0.462 e. The van der Waals surface area contributed by atoms with Gasteiger partial charge in [0.15, 0.2) is 6.10 Å². The number of rotatable bonds is 45. The number of carbonyl (C=O) groups is 3. The first-order chi connectivity index (χ1) is 27.4. The summed E-state index contributed by atoms with van der Waals surface area (Å²) in [6.07, 6.45) is 45.0. The lowest BCUT2D eigenvalue weighted by Crippen LogP contribution is -2.30. The second-order valence-electron chi connectivity index (χ2n) is 17.3. The average Bonchev–Trinajstić information content (AvgIpc) is 3.19. The first-order valence-corrected chi connectivity index (χ1v) is 24.9. The van der Waals surface area contributed by atoms with Crippen molar-refractivity contribution >= 4 is 17.9 Å². The van der Waals surface area contributed by atoms with E-state index in [1.54, 1.807) is 0 Å². The highest BCUT2D eigenvalue weighted by molar-refractivity contribution is 5.71. The molecule has 1 unspecified atom stereocenters. The van der Waals surface area contributed by atoms with Crippen molar-refractivity contribution in [2.24, 2.45) is 5.92 Å². The van der Waals surface area contributed by atoms with E-state index < -0.39 is 6.10 Å². The van der Waals surface area contributed by atoms with Crippen LogP contribution in [0.1, 0.15) is 278 Å². The van der Waals surface area contributed by atoms with Crippen LogP contribution in [0.2, 0.25) is 0 Å². The number of unbranched alkanes of at least 4 members (excludes halogenated alkanes) is 31. The molecule has 2 atom stereocenters. The van der Waals surface area contributed by atoms with E-state index >= 15 is 0 Å². The van der Waals surface area contributed by atoms with Gasteiger partial charge in [-0.2, -0.15) is 0 Å². The van der Waals surface area contributed by atoms with Gasteiger partial charge >= 0.3 is 17.9 Å². The third-order valence-corrected chi connectivity index (χ3v) is 11.7. The van der Waals surface area contributed by atoms with Gasteiger partial charge in [0, 0.05) is 19.3 Å². The molecule has 0 aliphatic carbocycles. The number of esters is 3. The van der Waals surface area contributed by atoms with Crippen molar-refractivity contribution in [2.75, 3.05) is 13.2 Å². The normalized spacial score (nSPS) is 12.4. The zero-order valence-corrected chi connectivity index (χ0v) is 38.1. The van der Waals surface area contributed by atoms with E-state index in [2.05, 4.69) is 27.7 Å². The highest BCUT2D eigenvalue weighted by atomic mass is 16.6. The van der Waals surface area contributed by atoms with Crippen LogP contribution in [0, 0.1) is 5.92 Å². The molecule has 6 heteroatoms. The van der Waals surface area contributed by atoms with Crippen LogP contribution >= 0.6 is 0 Å². The standard InChI is InChI=1S/C50H96O6/c1-5-8-10-12-14-16-18-19-20-21-27-31-35-39-43-50(53)56-47(44-54-48(51)41-37-33-29-25-17-15-13-11-9-6-2)45-55-49(52)42-38-34-30-26-23-22-24-28-32-36-40-46(4)7-3/h46-47H,5-45H2,1-4H3/t46?,47-/m0/s1. The quantitative estimate of drug-likeness (QED) is 0.0347. The molecule has 0 fully saturated rings. The molecule has 332 valence electrons. The third-order valence-electron chi connectivity index (χ3n) is 11.7. The second kappa shape index (κ2) is 44.5. The van der Waals surface area contributed by atoms with Crippen LogP contribution < -0.4 is 0 Å². The molecule has 0 aromatic carbocycles. The summed E-state index contributed by atoms with van der Waals surface area (Å²) in [6, 6.07) is 0. The zero-order valence-electron chi connectivity index (χ0n) is 38.1. The molecule has 0 radical (unpaired) electrons. The van der Waals surface area contributed by atoms with Crippen LogP contribution in [0.3, 0.4) is 0 Å². The molecule has 0 bridgehead atoms. The van der Waals surface area contributed by atoms with Crippen molar-refractivity contribution in [2.45, 2.75) is 284 Å². The largest absolute Gasteiger partial charge is 0.462 e. The lowest BCUT2D eigenvalue weighted by Gasteiger charge is -2.18. The Bertz CT molecular complexity index is 843. The van der Waals surface area contributed by atoms with Crippen LogP contribution in [0.5, 0.6) is 0 Å². The Morgan fingerprint density at radius 1 is 0.357 bits per heavy atom. The number of hydrogen-bond donors (Lipinski definition) is 0. The van der Waals surface area contributed by atoms with Gasteiger partial charge in [0.25, 0.3) is 0 Å². The van der Waals surface area contributed by atoms with Crippen molar-refractivity contribution in [3.05, 3.63) is 0 Å². The Morgan fingerprint density at radius 3 is 0.929 bits per heavy atom. The van der Waals surface area contributed by atoms with Crippen molar-refractivity contribution < 1.29 is 28.6 Å². The molecule has 56 heavy (non-hydrogen) atoms. The molecule has 0 amide bonds. The molecule has 0 aromatic heterocycles. The lowest BCUT2D eigenvalue weighted by molar-refractivity contribution is -0.167. The summed E-state index contributed by atoms with van der Waals surface area (Å²) in [5.74, 6) is 0.0212. The monoisotopic (exact) mass is 793 g/mol. The summed E-state index contributed by atoms with van der Waals surface area (Å²) in [5.41, 5.74) is 0. The van der Waals surface area contributed by atoms with Crippen LogP contribution in [-0.2, 0) is 28.6 Å². The van der Waals surface area contributed by atoms with Crippen LogP contribution in [0.25, 0.3) is 0 Å². The number of carbonyl (C=O) groups excluding carboxylic acids is 3. The Balaban J connectivity index is 4.31. The van der Waals surface area contributed by atoms with Gasteiger partial charge in [-0.1, -0.05) is 240 Å². The summed E-state index contributed by atoms with van der Waals surface area (Å²) in [4.78, 5) is 37.8. The molecule has 0 aliphatic heterocycles. The Kier molecular flexibility index (Phi) is 43.2. The SMILES string of the molecule is CCCCCCCCCCCCCCCCC(=O)O[C@@H](COC(=O)CCCCCCCCCCCC)COC(=O)CCCCCCCCCCCCC(C)CC. The number of ether oxygens (including phenoxy) is 3. The molecule has 0 saturated heterocycles. The van der Waals surface area contributed by atoms with Gasteiger partial charge in [0.05, 0.1) is 0 Å². The zero-order chi connectivity index (χ0) is 41.0. The maximum atomic E-state index is 12.7. The van der Waals surface area contributed by atoms with E-state index in [-0.39, 0.29) is 31.1 Å². The van der Waals surface area contributed by atoms with Gasteiger partial charge in [-0.05, 0) is 25.2 Å². The fourth-order valence-corrected chi connectivity index (χ4v) is 7.48. The molecule has 0 heterocycles. The van der Waals surface area contributed by atoms with Crippen LogP contribution in [0.15, 0.2) is 0 Å². The van der Waals surface area contributed by atoms with Gasteiger partial charge < -0.3 is 14.2 Å². The topological polar surface area (TPSA) is 78.9 Å². The van der Waals surface area contributed by atoms with Crippen molar-refractivity contribution in [1.29, 1.82) is 0 Å². The Morgan fingerprint density at radius 2 is 0.625 bits per heavy atom. The van der Waals surface area contributed by atoms with Gasteiger partial charge in [0.1, 0.15) is 13.2 Å². The molecular weight excluding hydrogens is 697 g/mol. The summed E-state index contributed by atoms with van der Waals surface area (Å²) >= 11 is 0. The van der Waals surface area contributed by atoms with E-state index in [0.29, 0.717) is 19.3 Å². The molecule has 0 spiro atoms. The highest BCUT2D eigenvalue weighted by Gasteiger charge is 2.19. The Labute approximate surface area is 348 Å². The minimum absolute atomic E-state index is 0.0633. The van der Waals surface area contributed by atoms with E-state index in [4.69, 9.17) is 14.2 Å². The molecule has 0 aromatic rings. The van der Waals surface area contributed by atoms with E-state index in [1.165, 1.54) is 173 Å². The van der Waals surface area contributed by atoms with Crippen molar-refractivity contribution in [3.63, 3.8) is 0 Å². The third kappa shape index (κ3) is 42.0. The molecular formula is C50H96O6. The molecule has 0 aliphatic rings. The summed E-state index contributed by atoms with van der Waals surface area (Å²) in [7, 11) is 0. The average molecular weight is 793 g/mol. The maximum absolute atomic E-state index is 12.7.